The summed E-state index contributed by atoms with van der Waals surface area (Å²) in [5.41, 5.74) is 8.64. The number of thiocarbonyl (C=S) groups is 1. The number of pyridine rings is 4. The Morgan fingerprint density at radius 1 is 0.558 bits per heavy atom. The highest BCUT2D eigenvalue weighted by Crippen LogP contribution is 2.25. The fourth-order valence-corrected chi connectivity index (χ4v) is 5.99. The number of fused-ring (bicyclic) bond motifs is 2. The van der Waals surface area contributed by atoms with Crippen LogP contribution in [-0.4, -0.2) is 40.5 Å². The molecule has 8 rings (SSSR count). The number of halogens is 2. The average molecular weight is 743 g/mol. The Morgan fingerprint density at radius 3 is 1.54 bits per heavy atom. The molecule has 6 aromatic heterocycles. The first-order valence-corrected chi connectivity index (χ1v) is 17.4. The molecule has 9 nitrogen and oxygen atoms in total. The van der Waals surface area contributed by atoms with Crippen LogP contribution in [0.5, 0.6) is 0 Å². The van der Waals surface area contributed by atoms with E-state index in [2.05, 4.69) is 29.9 Å². The summed E-state index contributed by atoms with van der Waals surface area (Å²) in [5.74, 6) is 1.04. The Hall–Kier alpha value is -5.68. The van der Waals surface area contributed by atoms with Gasteiger partial charge in [-0.15, -0.1) is 0 Å². The van der Waals surface area contributed by atoms with Crippen molar-refractivity contribution in [2.75, 3.05) is 0 Å². The minimum absolute atomic E-state index is 0.467. The largest absolute Gasteiger partial charge is 0.434 e. The van der Waals surface area contributed by atoms with Crippen molar-refractivity contribution < 1.29 is 8.83 Å². The maximum atomic E-state index is 8.26. The van der Waals surface area contributed by atoms with Gasteiger partial charge in [-0.2, -0.15) is 9.97 Å². The molecule has 1 N–H and O–H groups in total. The lowest BCUT2D eigenvalue weighted by Gasteiger charge is -2.05. The van der Waals surface area contributed by atoms with Crippen LogP contribution < -0.4 is 0 Å². The zero-order valence-corrected chi connectivity index (χ0v) is 29.9. The molecule has 12 heteroatoms. The zero-order chi connectivity index (χ0) is 35.9. The lowest BCUT2D eigenvalue weighted by atomic mass is 10.0. The van der Waals surface area contributed by atoms with E-state index in [-0.39, 0.29) is 0 Å². The molecule has 0 aliphatic heterocycles. The SMILES string of the molecule is N=C(Cc1ccc(Cl)cc1)Cc1cc(-c2nc3ncccc3o2)ccn1.S=C(Cc1ccc(Cl)cc1)Cc1cc(-c2nc3ncccc3o2)ccn1. The van der Waals surface area contributed by atoms with Crippen molar-refractivity contribution in [2.24, 2.45) is 0 Å². The second-order valence-corrected chi connectivity index (χ2v) is 13.3. The highest BCUT2D eigenvalue weighted by molar-refractivity contribution is 7.80. The molecule has 6 heterocycles. The summed E-state index contributed by atoms with van der Waals surface area (Å²) in [4.78, 5) is 26.9. The smallest absolute Gasteiger partial charge is 0.229 e. The van der Waals surface area contributed by atoms with Gasteiger partial charge in [0, 0.05) is 93.6 Å². The van der Waals surface area contributed by atoms with E-state index in [1.807, 2.05) is 97.1 Å². The van der Waals surface area contributed by atoms with E-state index in [1.54, 1.807) is 24.8 Å². The number of hydrogen-bond acceptors (Lipinski definition) is 10. The minimum Gasteiger partial charge on any atom is -0.434 e. The molecule has 0 bridgehead atoms. The summed E-state index contributed by atoms with van der Waals surface area (Å²) < 4.78 is 11.5. The first-order chi connectivity index (χ1) is 25.3. The second kappa shape index (κ2) is 16.1. The van der Waals surface area contributed by atoms with Crippen LogP contribution in [-0.2, 0) is 25.7 Å². The lowest BCUT2D eigenvalue weighted by Crippen LogP contribution is -2.07. The van der Waals surface area contributed by atoms with Crippen LogP contribution in [0.3, 0.4) is 0 Å². The third-order valence-electron chi connectivity index (χ3n) is 7.88. The van der Waals surface area contributed by atoms with Gasteiger partial charge in [0.1, 0.15) is 0 Å². The van der Waals surface area contributed by atoms with Gasteiger partial charge in [0.25, 0.3) is 0 Å². The molecule has 0 spiro atoms. The number of hydrogen-bond donors (Lipinski definition) is 1. The van der Waals surface area contributed by atoms with Gasteiger partial charge in [0.15, 0.2) is 22.5 Å². The van der Waals surface area contributed by atoms with Crippen LogP contribution >= 0.6 is 35.4 Å². The predicted molar refractivity (Wildman–Crippen MR) is 208 cm³/mol. The Balaban J connectivity index is 0.000000162. The molecule has 2 aromatic carbocycles. The summed E-state index contributed by atoms with van der Waals surface area (Å²) in [6.07, 6.45) is 9.20. The topological polar surface area (TPSA) is 127 Å². The summed E-state index contributed by atoms with van der Waals surface area (Å²) >= 11 is 17.4. The predicted octanol–water partition coefficient (Wildman–Crippen LogP) is 9.84. The molecular formula is C40H29Cl2N7O2S. The Kier molecular flexibility index (Phi) is 10.8. The molecule has 0 amide bonds. The van der Waals surface area contributed by atoms with Crippen LogP contribution in [0.1, 0.15) is 22.5 Å². The van der Waals surface area contributed by atoms with E-state index in [4.69, 9.17) is 49.7 Å². The Labute approximate surface area is 314 Å². The summed E-state index contributed by atoms with van der Waals surface area (Å²) in [6.45, 7) is 0. The van der Waals surface area contributed by atoms with Crippen molar-refractivity contribution in [3.8, 4) is 22.9 Å². The molecular weight excluding hydrogens is 713 g/mol. The van der Waals surface area contributed by atoms with Crippen molar-refractivity contribution >= 4 is 68.5 Å². The molecule has 8 aromatic rings. The first kappa shape index (κ1) is 34.8. The minimum atomic E-state index is 0.467. The fourth-order valence-electron chi connectivity index (χ4n) is 5.42. The molecule has 256 valence electrons. The van der Waals surface area contributed by atoms with Gasteiger partial charge in [-0.1, -0.05) is 59.7 Å². The van der Waals surface area contributed by atoms with Crippen LogP contribution in [0.4, 0.5) is 0 Å². The highest BCUT2D eigenvalue weighted by atomic mass is 35.5. The van der Waals surface area contributed by atoms with Crippen molar-refractivity contribution in [1.29, 1.82) is 5.41 Å². The average Bonchev–Trinajstić information content (AvgIpc) is 3.79. The molecule has 0 atom stereocenters. The van der Waals surface area contributed by atoms with E-state index >= 15 is 0 Å². The fraction of sp³-hybridized carbons (Fsp3) is 0.100. The monoisotopic (exact) mass is 741 g/mol. The van der Waals surface area contributed by atoms with E-state index in [1.165, 1.54) is 0 Å². The second-order valence-electron chi connectivity index (χ2n) is 11.9. The quantitative estimate of drug-likeness (QED) is 0.108. The van der Waals surface area contributed by atoms with Crippen molar-refractivity contribution in [3.05, 3.63) is 154 Å². The number of oxazole rings is 2. The van der Waals surface area contributed by atoms with Crippen LogP contribution in [0.25, 0.3) is 45.4 Å². The maximum Gasteiger partial charge on any atom is 0.229 e. The van der Waals surface area contributed by atoms with Gasteiger partial charge >= 0.3 is 0 Å². The molecule has 0 fully saturated rings. The zero-order valence-electron chi connectivity index (χ0n) is 27.5. The van der Waals surface area contributed by atoms with Crippen molar-refractivity contribution in [2.45, 2.75) is 25.7 Å². The third-order valence-corrected chi connectivity index (χ3v) is 8.67. The highest BCUT2D eigenvalue weighted by Gasteiger charge is 2.12. The maximum absolute atomic E-state index is 8.26. The van der Waals surface area contributed by atoms with Gasteiger partial charge in [0.2, 0.25) is 11.8 Å². The van der Waals surface area contributed by atoms with E-state index < -0.39 is 0 Å². The van der Waals surface area contributed by atoms with E-state index in [0.29, 0.717) is 70.7 Å². The number of nitrogens with zero attached hydrogens (tertiary/aromatic N) is 6. The van der Waals surface area contributed by atoms with Crippen molar-refractivity contribution in [1.82, 2.24) is 29.9 Å². The molecule has 0 unspecified atom stereocenters. The van der Waals surface area contributed by atoms with E-state index in [9.17, 15) is 0 Å². The van der Waals surface area contributed by atoms with Gasteiger partial charge in [0.05, 0.1) is 0 Å². The van der Waals surface area contributed by atoms with Crippen LogP contribution in [0.2, 0.25) is 10.0 Å². The number of benzene rings is 2. The van der Waals surface area contributed by atoms with Gasteiger partial charge in [-0.25, -0.2) is 9.97 Å². The Bertz CT molecular complexity index is 2260. The first-order valence-electron chi connectivity index (χ1n) is 16.3. The van der Waals surface area contributed by atoms with Crippen LogP contribution in [0.15, 0.2) is 131 Å². The molecule has 0 aliphatic rings. The van der Waals surface area contributed by atoms with Gasteiger partial charge in [-0.05, 0) is 83.9 Å². The number of aromatic nitrogens is 6. The molecule has 0 aliphatic carbocycles. The molecule has 0 radical (unpaired) electrons. The Morgan fingerprint density at radius 2 is 1.04 bits per heavy atom. The van der Waals surface area contributed by atoms with Gasteiger partial charge < -0.3 is 14.2 Å². The third kappa shape index (κ3) is 8.96. The number of rotatable bonds is 10. The standard InChI is InChI=1S/C20H15ClN4O.C20H14ClN3OS/c21-15-5-3-13(4-6-15)10-16(22)12-17-11-14(7-9-23-17)20-25-19-18(26-20)2-1-8-24-19;21-15-5-3-13(4-6-15)10-17(26)12-16-11-14(7-9-22-16)20-24-19-18(25-20)2-1-8-23-19/h1-9,11,22H,10,12H2;1-9,11H,10,12H2. The normalized spacial score (nSPS) is 11.0. The molecule has 0 saturated carbocycles. The van der Waals surface area contributed by atoms with Crippen LogP contribution in [0, 0.1) is 5.41 Å². The van der Waals surface area contributed by atoms with Gasteiger partial charge in [-0.3, -0.25) is 9.97 Å². The van der Waals surface area contributed by atoms with E-state index in [0.717, 1.165) is 43.5 Å². The summed E-state index contributed by atoms with van der Waals surface area (Å²) in [7, 11) is 0. The molecule has 52 heavy (non-hydrogen) atoms. The summed E-state index contributed by atoms with van der Waals surface area (Å²) in [5, 5.41) is 9.68. The summed E-state index contributed by atoms with van der Waals surface area (Å²) in [6, 6.07) is 30.2. The molecule has 0 saturated heterocycles. The van der Waals surface area contributed by atoms with Crippen molar-refractivity contribution in [3.63, 3.8) is 0 Å². The number of nitrogens with one attached hydrogen (secondary N) is 1. The lowest BCUT2D eigenvalue weighted by molar-refractivity contribution is 0.619.